The summed E-state index contributed by atoms with van der Waals surface area (Å²) in [6.07, 6.45) is 6.92. The zero-order valence-corrected chi connectivity index (χ0v) is 18.0. The highest BCUT2D eigenvalue weighted by atomic mass is 79.9. The van der Waals surface area contributed by atoms with Gasteiger partial charge in [-0.25, -0.2) is 0 Å². The van der Waals surface area contributed by atoms with Crippen molar-refractivity contribution in [1.82, 2.24) is 0 Å². The standard InChI is InChI=1S/C22H22Br2N2O/c23-15-6-8-21-19(12-15)20-13-16(24)7-9-22(20)26(21)14-18(27)10-11-25-17-4-2-1-3-5-17/h1-9,12-13,18-19,21,25,27H,10-11,14H2. The van der Waals surface area contributed by atoms with Crippen molar-refractivity contribution in [3.63, 3.8) is 0 Å². The van der Waals surface area contributed by atoms with E-state index < -0.39 is 0 Å². The molecular formula is C22H22Br2N2O. The molecular weight excluding hydrogens is 468 g/mol. The van der Waals surface area contributed by atoms with Gasteiger partial charge in [0.05, 0.1) is 12.1 Å². The minimum Gasteiger partial charge on any atom is -0.391 e. The molecule has 0 radical (unpaired) electrons. The second-order valence-corrected chi connectivity index (χ2v) is 8.85. The lowest BCUT2D eigenvalue weighted by molar-refractivity contribution is 0.172. The number of β-amino-alcohol motifs (C(OH)–C–C–N with tert-alkyl or cyclic N) is 1. The third-order valence-corrected chi connectivity index (χ3v) is 6.19. The minimum atomic E-state index is -0.390. The fourth-order valence-electron chi connectivity index (χ4n) is 3.90. The normalized spacial score (nSPS) is 21.4. The van der Waals surface area contributed by atoms with Crippen LogP contribution in [0.4, 0.5) is 11.4 Å². The molecule has 2 aromatic rings. The van der Waals surface area contributed by atoms with E-state index in [0.717, 1.165) is 21.2 Å². The molecule has 0 aromatic heterocycles. The van der Waals surface area contributed by atoms with Crippen LogP contribution in [-0.2, 0) is 0 Å². The van der Waals surface area contributed by atoms with E-state index in [9.17, 15) is 5.11 Å². The van der Waals surface area contributed by atoms with E-state index in [0.29, 0.717) is 18.9 Å². The van der Waals surface area contributed by atoms with Crippen LogP contribution in [0.1, 0.15) is 17.9 Å². The first-order chi connectivity index (χ1) is 13.1. The van der Waals surface area contributed by atoms with Crippen molar-refractivity contribution in [3.8, 4) is 0 Å². The molecule has 5 heteroatoms. The number of nitrogens with zero attached hydrogens (tertiary/aromatic N) is 1. The molecule has 2 N–H and O–H groups in total. The van der Waals surface area contributed by atoms with Crippen LogP contribution < -0.4 is 10.2 Å². The summed E-state index contributed by atoms with van der Waals surface area (Å²) in [5, 5.41) is 14.0. The molecule has 3 unspecified atom stereocenters. The highest BCUT2D eigenvalue weighted by molar-refractivity contribution is 9.12. The van der Waals surface area contributed by atoms with Crippen LogP contribution in [0, 0.1) is 0 Å². The Morgan fingerprint density at radius 2 is 1.93 bits per heavy atom. The van der Waals surface area contributed by atoms with Gasteiger partial charge in [0.25, 0.3) is 0 Å². The molecule has 0 saturated carbocycles. The van der Waals surface area contributed by atoms with Gasteiger partial charge in [-0.15, -0.1) is 0 Å². The van der Waals surface area contributed by atoms with Crippen LogP contribution in [0.15, 0.2) is 75.7 Å². The number of aliphatic hydroxyl groups excluding tert-OH is 1. The van der Waals surface area contributed by atoms with Crippen molar-refractivity contribution in [2.75, 3.05) is 23.3 Å². The van der Waals surface area contributed by atoms with Crippen molar-refractivity contribution >= 4 is 43.2 Å². The molecule has 0 amide bonds. The van der Waals surface area contributed by atoms with Crippen molar-refractivity contribution in [2.45, 2.75) is 24.5 Å². The summed E-state index contributed by atoms with van der Waals surface area (Å²) >= 11 is 7.21. The molecule has 3 atom stereocenters. The predicted molar refractivity (Wildman–Crippen MR) is 120 cm³/mol. The predicted octanol–water partition coefficient (Wildman–Crippen LogP) is 5.43. The number of nitrogens with one attached hydrogen (secondary N) is 1. The van der Waals surface area contributed by atoms with Crippen molar-refractivity contribution in [2.24, 2.45) is 0 Å². The Balaban J connectivity index is 1.44. The highest BCUT2D eigenvalue weighted by Crippen LogP contribution is 2.46. The summed E-state index contributed by atoms with van der Waals surface area (Å²) in [5.41, 5.74) is 3.61. The lowest BCUT2D eigenvalue weighted by Crippen LogP contribution is -2.39. The van der Waals surface area contributed by atoms with Crippen LogP contribution in [0.2, 0.25) is 0 Å². The summed E-state index contributed by atoms with van der Waals surface area (Å²) in [6.45, 7) is 1.38. The van der Waals surface area contributed by atoms with Gasteiger partial charge < -0.3 is 15.3 Å². The minimum absolute atomic E-state index is 0.257. The Morgan fingerprint density at radius 1 is 1.11 bits per heavy atom. The van der Waals surface area contributed by atoms with Crippen LogP contribution in [-0.4, -0.2) is 30.3 Å². The summed E-state index contributed by atoms with van der Waals surface area (Å²) in [6, 6.07) is 16.8. The first-order valence-electron chi connectivity index (χ1n) is 9.20. The van der Waals surface area contributed by atoms with E-state index in [-0.39, 0.29) is 12.1 Å². The number of rotatable bonds is 6. The summed E-state index contributed by atoms with van der Waals surface area (Å²) in [5.74, 6) is 0.312. The monoisotopic (exact) mass is 488 g/mol. The average Bonchev–Trinajstić information content (AvgIpc) is 2.95. The summed E-state index contributed by atoms with van der Waals surface area (Å²) in [7, 11) is 0. The van der Waals surface area contributed by atoms with Crippen LogP contribution in [0.5, 0.6) is 0 Å². The zero-order chi connectivity index (χ0) is 18.8. The van der Waals surface area contributed by atoms with E-state index in [4.69, 9.17) is 0 Å². The Kier molecular flexibility index (Phi) is 5.71. The van der Waals surface area contributed by atoms with Crippen molar-refractivity contribution in [1.29, 1.82) is 0 Å². The number of benzene rings is 2. The van der Waals surface area contributed by atoms with E-state index in [1.807, 2.05) is 30.3 Å². The topological polar surface area (TPSA) is 35.5 Å². The maximum Gasteiger partial charge on any atom is 0.0732 e. The number of anilines is 2. The number of hydrogen-bond acceptors (Lipinski definition) is 3. The van der Waals surface area contributed by atoms with Crippen LogP contribution in [0.3, 0.4) is 0 Å². The maximum absolute atomic E-state index is 10.7. The Morgan fingerprint density at radius 3 is 2.74 bits per heavy atom. The molecule has 4 rings (SSSR count). The number of halogens is 2. The van der Waals surface area contributed by atoms with E-state index >= 15 is 0 Å². The first-order valence-corrected chi connectivity index (χ1v) is 10.8. The highest BCUT2D eigenvalue weighted by Gasteiger charge is 2.37. The molecule has 2 aliphatic rings. The second kappa shape index (κ2) is 8.21. The largest absolute Gasteiger partial charge is 0.391 e. The SMILES string of the molecule is OC(CCNc1ccccc1)CN1c2ccc(Br)cc2C2C=C(Br)C=CC21. The average molecular weight is 490 g/mol. The van der Waals surface area contributed by atoms with Gasteiger partial charge >= 0.3 is 0 Å². The molecule has 1 aliphatic carbocycles. The van der Waals surface area contributed by atoms with Crippen molar-refractivity contribution in [3.05, 3.63) is 81.3 Å². The lowest BCUT2D eigenvalue weighted by atomic mass is 9.91. The van der Waals surface area contributed by atoms with Gasteiger partial charge in [-0.05, 0) is 42.3 Å². The van der Waals surface area contributed by atoms with E-state index in [1.54, 1.807) is 0 Å². The molecule has 2 aromatic carbocycles. The summed E-state index contributed by atoms with van der Waals surface area (Å²) < 4.78 is 2.21. The number of fused-ring (bicyclic) bond motifs is 3. The van der Waals surface area contributed by atoms with Crippen LogP contribution in [0.25, 0.3) is 0 Å². The Hall–Kier alpha value is -1.56. The van der Waals surface area contributed by atoms with Gasteiger partial charge in [0.1, 0.15) is 0 Å². The second-order valence-electron chi connectivity index (χ2n) is 7.02. The molecule has 0 saturated heterocycles. The molecule has 1 aliphatic heterocycles. The van der Waals surface area contributed by atoms with Crippen molar-refractivity contribution < 1.29 is 5.11 Å². The number of aliphatic hydroxyl groups is 1. The zero-order valence-electron chi connectivity index (χ0n) is 14.9. The van der Waals surface area contributed by atoms with Crippen LogP contribution >= 0.6 is 31.9 Å². The number of hydrogen-bond donors (Lipinski definition) is 2. The van der Waals surface area contributed by atoms with Gasteiger partial charge in [-0.1, -0.05) is 68.3 Å². The molecule has 1 heterocycles. The van der Waals surface area contributed by atoms with Gasteiger partial charge in [-0.2, -0.15) is 0 Å². The first kappa shape index (κ1) is 18.8. The smallest absolute Gasteiger partial charge is 0.0732 e. The summed E-state index contributed by atoms with van der Waals surface area (Å²) in [4.78, 5) is 2.34. The Labute approximate surface area is 177 Å². The van der Waals surface area contributed by atoms with Gasteiger partial charge in [0.15, 0.2) is 0 Å². The van der Waals surface area contributed by atoms with E-state index in [2.05, 4.69) is 78.5 Å². The molecule has 0 spiro atoms. The number of allylic oxidation sites excluding steroid dienone is 2. The maximum atomic E-state index is 10.7. The fourth-order valence-corrected chi connectivity index (χ4v) is 4.72. The fraction of sp³-hybridized carbons (Fsp3) is 0.273. The molecule has 140 valence electrons. The van der Waals surface area contributed by atoms with Gasteiger partial charge in [0.2, 0.25) is 0 Å². The lowest BCUT2D eigenvalue weighted by Gasteiger charge is -2.31. The Bertz CT molecular complexity index is 866. The van der Waals surface area contributed by atoms with Gasteiger partial charge in [-0.3, -0.25) is 0 Å². The third-order valence-electron chi connectivity index (χ3n) is 5.17. The molecule has 27 heavy (non-hydrogen) atoms. The molecule has 0 fully saturated rings. The number of para-hydroxylation sites is 1. The molecule has 3 nitrogen and oxygen atoms in total. The third kappa shape index (κ3) is 4.15. The van der Waals surface area contributed by atoms with Gasteiger partial charge in [0, 0.05) is 39.3 Å². The quantitative estimate of drug-likeness (QED) is 0.567. The van der Waals surface area contributed by atoms with E-state index in [1.165, 1.54) is 11.3 Å². The molecule has 0 bridgehead atoms.